The Labute approximate surface area is 163 Å². The number of anilines is 1. The van der Waals surface area contributed by atoms with Gasteiger partial charge in [-0.2, -0.15) is 0 Å². The third-order valence-corrected chi connectivity index (χ3v) is 5.38. The van der Waals surface area contributed by atoms with Gasteiger partial charge < -0.3 is 15.5 Å². The maximum Gasteiger partial charge on any atom is 0.265 e. The van der Waals surface area contributed by atoms with Gasteiger partial charge in [-0.1, -0.05) is 0 Å². The summed E-state index contributed by atoms with van der Waals surface area (Å²) in [7, 11) is -2.63. The third kappa shape index (κ3) is 4.03. The smallest absolute Gasteiger partial charge is 0.265 e. The lowest BCUT2D eigenvalue weighted by Crippen LogP contribution is -2.16. The summed E-state index contributed by atoms with van der Waals surface area (Å²) in [5.74, 6) is -1.04. The molecule has 146 valence electrons. The number of rotatable bonds is 6. The minimum Gasteiger partial charge on any atom is -0.496 e. The van der Waals surface area contributed by atoms with E-state index >= 15 is 0 Å². The first-order valence-electron chi connectivity index (χ1n) is 7.65. The highest BCUT2D eigenvalue weighted by Crippen LogP contribution is 2.27. The Hall–Kier alpha value is -3.22. The Morgan fingerprint density at radius 1 is 1.29 bits per heavy atom. The second kappa shape index (κ2) is 7.42. The van der Waals surface area contributed by atoms with Gasteiger partial charge in [-0.3, -0.25) is 14.9 Å². The molecule has 0 fully saturated rings. The molecule has 28 heavy (non-hydrogen) atoms. The van der Waals surface area contributed by atoms with Gasteiger partial charge in [0.2, 0.25) is 10.0 Å². The molecule has 0 unspecified atom stereocenters. The first kappa shape index (κ1) is 19.5. The van der Waals surface area contributed by atoms with Crippen molar-refractivity contribution in [3.8, 4) is 17.0 Å². The molecule has 0 spiro atoms. The number of hydrogen-bond acceptors (Lipinski definition) is 7. The standard InChI is InChI=1S/C16H15N5O5S2/c1-26-13-3-2-9(28(18,24)25)5-10(13)15(23)21-16-20-12(7-27-16)8-4-11(14(17)22)19-6-8/h2-7,19H,1H3,(H2,17,22)(H2,18,24,25)(H,20,21,23). The van der Waals surface area contributed by atoms with Crippen LogP contribution in [0.15, 0.2) is 40.7 Å². The molecule has 2 aromatic heterocycles. The molecule has 0 saturated heterocycles. The molecule has 0 radical (unpaired) electrons. The van der Waals surface area contributed by atoms with E-state index in [0.717, 1.165) is 17.4 Å². The number of nitrogens with one attached hydrogen (secondary N) is 2. The largest absolute Gasteiger partial charge is 0.496 e. The number of hydrogen-bond donors (Lipinski definition) is 4. The van der Waals surface area contributed by atoms with Crippen molar-refractivity contribution in [1.29, 1.82) is 0 Å². The van der Waals surface area contributed by atoms with E-state index in [4.69, 9.17) is 15.6 Å². The molecule has 0 aliphatic rings. The number of primary amides is 1. The number of nitrogens with two attached hydrogens (primary N) is 2. The number of amides is 2. The van der Waals surface area contributed by atoms with Gasteiger partial charge in [-0.05, 0) is 24.3 Å². The van der Waals surface area contributed by atoms with E-state index in [9.17, 15) is 18.0 Å². The molecule has 0 aliphatic heterocycles. The molecule has 3 aromatic rings. The van der Waals surface area contributed by atoms with Crippen molar-refractivity contribution < 1.29 is 22.7 Å². The maximum atomic E-state index is 12.6. The average Bonchev–Trinajstić information content (AvgIpc) is 3.29. The highest BCUT2D eigenvalue weighted by atomic mass is 32.2. The maximum absolute atomic E-state index is 12.6. The normalized spacial score (nSPS) is 11.2. The van der Waals surface area contributed by atoms with Gasteiger partial charge in [-0.15, -0.1) is 11.3 Å². The second-order valence-corrected chi connectivity index (χ2v) is 7.98. The van der Waals surface area contributed by atoms with Gasteiger partial charge in [0, 0.05) is 17.1 Å². The van der Waals surface area contributed by atoms with Crippen LogP contribution in [0.2, 0.25) is 0 Å². The molecule has 3 rings (SSSR count). The highest BCUT2D eigenvalue weighted by Gasteiger charge is 2.19. The predicted molar refractivity (Wildman–Crippen MR) is 103 cm³/mol. The third-order valence-electron chi connectivity index (χ3n) is 3.71. The fraction of sp³-hybridized carbons (Fsp3) is 0.0625. The molecular formula is C16H15N5O5S2. The summed E-state index contributed by atoms with van der Waals surface area (Å²) in [6.07, 6.45) is 1.57. The molecule has 2 heterocycles. The molecule has 10 nitrogen and oxygen atoms in total. The summed E-state index contributed by atoms with van der Waals surface area (Å²) in [5.41, 5.74) is 6.57. The number of ether oxygens (including phenoxy) is 1. The van der Waals surface area contributed by atoms with Crippen LogP contribution >= 0.6 is 11.3 Å². The topological polar surface area (TPSA) is 170 Å². The Kier molecular flexibility index (Phi) is 5.18. The number of primary sulfonamides is 1. The van der Waals surface area contributed by atoms with E-state index in [1.54, 1.807) is 17.6 Å². The average molecular weight is 421 g/mol. The summed E-state index contributed by atoms with van der Waals surface area (Å²) in [4.78, 5) is 30.5. The lowest BCUT2D eigenvalue weighted by molar-refractivity contribution is 0.0993. The van der Waals surface area contributed by atoms with Crippen molar-refractivity contribution in [3.63, 3.8) is 0 Å². The molecule has 2 amide bonds. The monoisotopic (exact) mass is 421 g/mol. The van der Waals surface area contributed by atoms with Crippen LogP contribution in [0.4, 0.5) is 5.13 Å². The number of nitrogens with zero attached hydrogens (tertiary/aromatic N) is 1. The quantitative estimate of drug-likeness (QED) is 0.465. The van der Waals surface area contributed by atoms with Gasteiger partial charge in [0.1, 0.15) is 11.4 Å². The van der Waals surface area contributed by atoms with Crippen molar-refractivity contribution in [3.05, 3.63) is 47.1 Å². The number of methoxy groups -OCH3 is 1. The summed E-state index contributed by atoms with van der Waals surface area (Å²) in [6, 6.07) is 5.26. The summed E-state index contributed by atoms with van der Waals surface area (Å²) in [5, 5.41) is 9.65. The van der Waals surface area contributed by atoms with Crippen molar-refractivity contribution in [2.45, 2.75) is 4.90 Å². The number of benzene rings is 1. The first-order chi connectivity index (χ1) is 13.2. The van der Waals surface area contributed by atoms with Crippen molar-refractivity contribution in [1.82, 2.24) is 9.97 Å². The van der Waals surface area contributed by atoms with Crippen molar-refractivity contribution in [2.24, 2.45) is 10.9 Å². The van der Waals surface area contributed by atoms with Gasteiger partial charge in [0.15, 0.2) is 5.13 Å². The number of H-pyrrole nitrogens is 1. The number of sulfonamides is 1. The van der Waals surface area contributed by atoms with Crippen molar-refractivity contribution >= 4 is 38.3 Å². The number of carbonyl (C=O) groups is 2. The minimum atomic E-state index is -3.98. The van der Waals surface area contributed by atoms with E-state index in [1.165, 1.54) is 19.2 Å². The summed E-state index contributed by atoms with van der Waals surface area (Å²) in [6.45, 7) is 0. The molecule has 0 bridgehead atoms. The SMILES string of the molecule is COc1ccc(S(N)(=O)=O)cc1C(=O)Nc1nc(-c2c[nH]c(C(N)=O)c2)cs1. The van der Waals surface area contributed by atoms with Gasteiger partial charge in [0.05, 0.1) is 23.3 Å². The fourth-order valence-electron chi connectivity index (χ4n) is 2.35. The fourth-order valence-corrected chi connectivity index (χ4v) is 3.61. The molecular weight excluding hydrogens is 406 g/mol. The summed E-state index contributed by atoms with van der Waals surface area (Å²) < 4.78 is 28.2. The van der Waals surface area contributed by atoms with Gasteiger partial charge >= 0.3 is 0 Å². The number of aromatic amines is 1. The van der Waals surface area contributed by atoms with E-state index in [-0.39, 0.29) is 27.0 Å². The Balaban J connectivity index is 1.85. The van der Waals surface area contributed by atoms with Crippen LogP contribution in [0.25, 0.3) is 11.3 Å². The zero-order chi connectivity index (χ0) is 20.5. The Morgan fingerprint density at radius 2 is 2.04 bits per heavy atom. The molecule has 1 aromatic carbocycles. The van der Waals surface area contributed by atoms with Crippen LogP contribution in [0.3, 0.4) is 0 Å². The first-order valence-corrected chi connectivity index (χ1v) is 10.1. The zero-order valence-electron chi connectivity index (χ0n) is 14.4. The molecule has 0 atom stereocenters. The van der Waals surface area contributed by atoms with Gasteiger partial charge in [-0.25, -0.2) is 18.5 Å². The van der Waals surface area contributed by atoms with E-state index in [0.29, 0.717) is 11.3 Å². The van der Waals surface area contributed by atoms with E-state index in [2.05, 4.69) is 15.3 Å². The van der Waals surface area contributed by atoms with Crippen LogP contribution in [0, 0.1) is 0 Å². The second-order valence-electron chi connectivity index (χ2n) is 5.57. The van der Waals surface area contributed by atoms with E-state index < -0.39 is 21.8 Å². The predicted octanol–water partition coefficient (Wildman–Crippen LogP) is 1.15. The van der Waals surface area contributed by atoms with Crippen LogP contribution in [0.5, 0.6) is 5.75 Å². The van der Waals surface area contributed by atoms with Crippen LogP contribution < -0.4 is 20.9 Å². The highest BCUT2D eigenvalue weighted by molar-refractivity contribution is 7.89. The molecule has 0 aliphatic carbocycles. The van der Waals surface area contributed by atoms with Crippen LogP contribution in [-0.2, 0) is 10.0 Å². The van der Waals surface area contributed by atoms with Crippen LogP contribution in [-0.4, -0.2) is 37.3 Å². The number of thiazole rings is 1. The number of aromatic nitrogens is 2. The lowest BCUT2D eigenvalue weighted by atomic mass is 10.2. The lowest BCUT2D eigenvalue weighted by Gasteiger charge is -2.09. The summed E-state index contributed by atoms with van der Waals surface area (Å²) >= 11 is 1.15. The van der Waals surface area contributed by atoms with E-state index in [1.807, 2.05) is 0 Å². The molecule has 6 N–H and O–H groups in total. The minimum absolute atomic E-state index is 0.0107. The Bertz CT molecular complexity index is 1170. The molecule has 0 saturated carbocycles. The Morgan fingerprint density at radius 3 is 2.64 bits per heavy atom. The molecule has 12 heteroatoms. The van der Waals surface area contributed by atoms with Crippen LogP contribution in [0.1, 0.15) is 20.8 Å². The van der Waals surface area contributed by atoms with Crippen molar-refractivity contribution in [2.75, 3.05) is 12.4 Å². The van der Waals surface area contributed by atoms with Gasteiger partial charge in [0.25, 0.3) is 11.8 Å². The number of carbonyl (C=O) groups excluding carboxylic acids is 2. The zero-order valence-corrected chi connectivity index (χ0v) is 16.1.